The van der Waals surface area contributed by atoms with Crippen molar-refractivity contribution in [2.24, 2.45) is 12.0 Å². The second-order valence-electron chi connectivity index (χ2n) is 5.13. The van der Waals surface area contributed by atoms with Crippen LogP contribution in [-0.2, 0) is 7.05 Å². The first-order valence-electron chi connectivity index (χ1n) is 6.86. The Kier molecular flexibility index (Phi) is 3.40. The topological polar surface area (TPSA) is 36.5 Å². The predicted octanol–water partition coefficient (Wildman–Crippen LogP) is 3.43. The smallest absolute Gasteiger partial charge is 0.212 e. The van der Waals surface area contributed by atoms with Crippen LogP contribution in [0, 0.1) is 6.92 Å². The molecule has 0 spiro atoms. The maximum atomic E-state index is 9.44. The van der Waals surface area contributed by atoms with E-state index in [0.29, 0.717) is 0 Å². The molecule has 0 fully saturated rings. The van der Waals surface area contributed by atoms with Gasteiger partial charge in [0.2, 0.25) is 5.52 Å². The van der Waals surface area contributed by atoms with Crippen LogP contribution in [0.1, 0.15) is 11.1 Å². The first-order chi connectivity index (χ1) is 10.1. The highest BCUT2D eigenvalue weighted by atomic mass is 16.3. The summed E-state index contributed by atoms with van der Waals surface area (Å²) in [5.41, 5.74) is 4.07. The lowest BCUT2D eigenvalue weighted by atomic mass is 10.1. The number of rotatable bonds is 2. The Hall–Kier alpha value is -2.68. The zero-order valence-electron chi connectivity index (χ0n) is 12.1. The minimum atomic E-state index is 0.267. The van der Waals surface area contributed by atoms with E-state index in [-0.39, 0.29) is 5.75 Å². The predicted molar refractivity (Wildman–Crippen MR) is 85.2 cm³/mol. The second-order valence-corrected chi connectivity index (χ2v) is 5.13. The van der Waals surface area contributed by atoms with Gasteiger partial charge in [-0.05, 0) is 36.8 Å². The monoisotopic (exact) mass is 277 g/mol. The van der Waals surface area contributed by atoms with E-state index in [1.807, 2.05) is 44.6 Å². The number of nitrogens with zero attached hydrogens (tertiary/aromatic N) is 2. The van der Waals surface area contributed by atoms with Crippen molar-refractivity contribution in [1.29, 1.82) is 0 Å². The van der Waals surface area contributed by atoms with Crippen molar-refractivity contribution < 1.29 is 9.67 Å². The first kappa shape index (κ1) is 13.3. The van der Waals surface area contributed by atoms with Gasteiger partial charge in [-0.2, -0.15) is 0 Å². The molecule has 0 aliphatic heterocycles. The van der Waals surface area contributed by atoms with Crippen molar-refractivity contribution in [2.45, 2.75) is 6.92 Å². The van der Waals surface area contributed by atoms with Gasteiger partial charge in [0.1, 0.15) is 12.8 Å². The number of aromatic nitrogens is 1. The molecule has 3 nitrogen and oxygen atoms in total. The van der Waals surface area contributed by atoms with Gasteiger partial charge in [0.05, 0.1) is 11.1 Å². The highest BCUT2D eigenvalue weighted by Crippen LogP contribution is 2.23. The van der Waals surface area contributed by atoms with Gasteiger partial charge in [0, 0.05) is 23.9 Å². The summed E-state index contributed by atoms with van der Waals surface area (Å²) in [4.78, 5) is 4.55. The average Bonchev–Trinajstić information content (AvgIpc) is 2.48. The summed E-state index contributed by atoms with van der Waals surface area (Å²) in [7, 11) is 2.04. The Bertz CT molecular complexity index is 838. The molecule has 1 N–H and O–H groups in total. The van der Waals surface area contributed by atoms with Gasteiger partial charge in [-0.25, -0.2) is 4.57 Å². The van der Waals surface area contributed by atoms with Crippen molar-refractivity contribution in [3.63, 3.8) is 0 Å². The lowest BCUT2D eigenvalue weighted by Gasteiger charge is -2.02. The summed E-state index contributed by atoms with van der Waals surface area (Å²) < 4.78 is 2.10. The van der Waals surface area contributed by atoms with E-state index in [1.54, 1.807) is 12.1 Å². The average molecular weight is 277 g/mol. The van der Waals surface area contributed by atoms with Gasteiger partial charge in [-0.15, -0.1) is 0 Å². The molecular formula is C18H17N2O+. The zero-order chi connectivity index (χ0) is 14.8. The van der Waals surface area contributed by atoms with Gasteiger partial charge in [-0.3, -0.25) is 4.99 Å². The highest BCUT2D eigenvalue weighted by molar-refractivity contribution is 5.97. The third-order valence-corrected chi connectivity index (χ3v) is 3.60. The number of hydrogen-bond acceptors (Lipinski definition) is 2. The molecule has 0 aliphatic carbocycles. The van der Waals surface area contributed by atoms with E-state index in [2.05, 4.69) is 27.8 Å². The van der Waals surface area contributed by atoms with E-state index >= 15 is 0 Å². The van der Waals surface area contributed by atoms with Crippen molar-refractivity contribution in [2.75, 3.05) is 0 Å². The first-order valence-corrected chi connectivity index (χ1v) is 6.86. The molecule has 21 heavy (non-hydrogen) atoms. The van der Waals surface area contributed by atoms with E-state index in [0.717, 1.165) is 16.8 Å². The third-order valence-electron chi connectivity index (χ3n) is 3.60. The second kappa shape index (κ2) is 5.37. The lowest BCUT2D eigenvalue weighted by molar-refractivity contribution is -0.644. The van der Waals surface area contributed by atoms with Crippen LogP contribution in [-0.4, -0.2) is 11.3 Å². The summed E-state index contributed by atoms with van der Waals surface area (Å²) >= 11 is 0. The van der Waals surface area contributed by atoms with Crippen LogP contribution in [0.25, 0.3) is 10.9 Å². The van der Waals surface area contributed by atoms with E-state index < -0.39 is 0 Å². The molecule has 3 heteroatoms. The van der Waals surface area contributed by atoms with E-state index in [4.69, 9.17) is 0 Å². The van der Waals surface area contributed by atoms with E-state index in [1.165, 1.54) is 10.9 Å². The molecule has 2 aromatic carbocycles. The largest absolute Gasteiger partial charge is 0.508 e. The normalized spacial score (nSPS) is 11.3. The quantitative estimate of drug-likeness (QED) is 0.565. The minimum absolute atomic E-state index is 0.267. The molecule has 0 radical (unpaired) electrons. The number of benzene rings is 2. The lowest BCUT2D eigenvalue weighted by Crippen LogP contribution is -2.28. The Morgan fingerprint density at radius 2 is 1.90 bits per heavy atom. The van der Waals surface area contributed by atoms with Gasteiger partial charge in [0.25, 0.3) is 0 Å². The molecule has 104 valence electrons. The molecule has 1 heterocycles. The van der Waals surface area contributed by atoms with Crippen LogP contribution in [0.4, 0.5) is 5.69 Å². The summed E-state index contributed by atoms with van der Waals surface area (Å²) in [6, 6.07) is 15.5. The summed E-state index contributed by atoms with van der Waals surface area (Å²) in [6.07, 6.45) is 3.91. The number of hydrogen-bond donors (Lipinski definition) is 1. The SMILES string of the molecule is Cc1cc(O)ccc1N=Cc1cc[n+](C)c2ccccc12. The number of para-hydroxylation sites is 1. The van der Waals surface area contributed by atoms with Gasteiger partial charge >= 0.3 is 0 Å². The Labute approximate surface area is 123 Å². The number of aryl methyl sites for hydroxylation is 2. The minimum Gasteiger partial charge on any atom is -0.508 e. The van der Waals surface area contributed by atoms with Crippen LogP contribution in [0.15, 0.2) is 59.7 Å². The van der Waals surface area contributed by atoms with Crippen LogP contribution >= 0.6 is 0 Å². The summed E-state index contributed by atoms with van der Waals surface area (Å²) in [5, 5.41) is 10.6. The number of phenolic OH excluding ortho intramolecular Hbond substituents is 1. The Morgan fingerprint density at radius 1 is 1.10 bits per heavy atom. The van der Waals surface area contributed by atoms with Crippen molar-refractivity contribution in [3.05, 3.63) is 65.9 Å². The molecular weight excluding hydrogens is 260 g/mol. The molecule has 0 atom stereocenters. The van der Waals surface area contributed by atoms with Gasteiger partial charge < -0.3 is 5.11 Å². The van der Waals surface area contributed by atoms with Gasteiger partial charge in [-0.1, -0.05) is 12.1 Å². The maximum absolute atomic E-state index is 9.44. The fraction of sp³-hybridized carbons (Fsp3) is 0.111. The molecule has 0 bridgehead atoms. The molecule has 0 saturated heterocycles. The Balaban J connectivity index is 2.06. The molecule has 3 aromatic rings. The standard InChI is InChI=1S/C18H16N2O/c1-13-11-15(21)7-8-17(13)19-12-14-9-10-20(2)18-6-4-3-5-16(14)18/h3-12H,1-2H3/p+1. The van der Waals surface area contributed by atoms with Crippen LogP contribution in [0.2, 0.25) is 0 Å². The molecule has 0 aliphatic rings. The number of aromatic hydroxyl groups is 1. The summed E-state index contributed by atoms with van der Waals surface area (Å²) in [6.45, 7) is 1.94. The van der Waals surface area contributed by atoms with Crippen LogP contribution in [0.3, 0.4) is 0 Å². The fourth-order valence-corrected chi connectivity index (χ4v) is 2.42. The van der Waals surface area contributed by atoms with Crippen molar-refractivity contribution in [1.82, 2.24) is 0 Å². The molecule has 3 rings (SSSR count). The van der Waals surface area contributed by atoms with E-state index in [9.17, 15) is 5.11 Å². The number of pyridine rings is 1. The molecule has 0 saturated carbocycles. The molecule has 1 aromatic heterocycles. The van der Waals surface area contributed by atoms with Crippen LogP contribution < -0.4 is 4.57 Å². The Morgan fingerprint density at radius 3 is 2.71 bits per heavy atom. The number of fused-ring (bicyclic) bond motifs is 1. The zero-order valence-corrected chi connectivity index (χ0v) is 12.1. The fourth-order valence-electron chi connectivity index (χ4n) is 2.42. The molecule has 0 unspecified atom stereocenters. The van der Waals surface area contributed by atoms with Crippen LogP contribution in [0.5, 0.6) is 5.75 Å². The number of phenols is 1. The maximum Gasteiger partial charge on any atom is 0.212 e. The van der Waals surface area contributed by atoms with Gasteiger partial charge in [0.15, 0.2) is 6.20 Å². The van der Waals surface area contributed by atoms with Crippen molar-refractivity contribution >= 4 is 22.8 Å². The number of aliphatic imine (C=N–C) groups is 1. The third kappa shape index (κ3) is 2.63. The summed E-state index contributed by atoms with van der Waals surface area (Å²) in [5.74, 6) is 0.267. The molecule has 0 amide bonds. The highest BCUT2D eigenvalue weighted by Gasteiger charge is 2.07. The van der Waals surface area contributed by atoms with Crippen molar-refractivity contribution in [3.8, 4) is 5.75 Å².